The molecular formula is C21H31NO2. The van der Waals surface area contributed by atoms with E-state index < -0.39 is 0 Å². The molecule has 24 heavy (non-hydrogen) atoms. The Hall–Kier alpha value is -1.35. The molecule has 2 fully saturated rings. The molecule has 2 bridgehead atoms. The Kier molecular flexibility index (Phi) is 5.29. The minimum Gasteiger partial charge on any atom is -0.427 e. The highest BCUT2D eigenvalue weighted by Crippen LogP contribution is 2.50. The summed E-state index contributed by atoms with van der Waals surface area (Å²) in [7, 11) is 0. The third kappa shape index (κ3) is 3.51. The van der Waals surface area contributed by atoms with E-state index in [1.165, 1.54) is 51.0 Å². The second kappa shape index (κ2) is 7.26. The highest BCUT2D eigenvalue weighted by Gasteiger charge is 2.47. The van der Waals surface area contributed by atoms with E-state index >= 15 is 0 Å². The number of ether oxygens (including phenoxy) is 1. The number of unbranched alkanes of at least 4 members (excludes halogenated alkanes) is 1. The van der Waals surface area contributed by atoms with Crippen LogP contribution < -0.4 is 10.1 Å². The molecule has 2 aliphatic rings. The van der Waals surface area contributed by atoms with Gasteiger partial charge in [-0.2, -0.15) is 0 Å². The molecule has 1 aliphatic carbocycles. The van der Waals surface area contributed by atoms with Gasteiger partial charge in [-0.25, -0.2) is 0 Å². The summed E-state index contributed by atoms with van der Waals surface area (Å²) in [6.45, 7) is 7.31. The van der Waals surface area contributed by atoms with Gasteiger partial charge in [0.1, 0.15) is 5.75 Å². The Balaban J connectivity index is 1.80. The van der Waals surface area contributed by atoms with Gasteiger partial charge in [0.2, 0.25) is 0 Å². The maximum absolute atomic E-state index is 11.2. The number of fused-ring (bicyclic) bond motifs is 2. The lowest BCUT2D eigenvalue weighted by atomic mass is 9.59. The Morgan fingerprint density at radius 1 is 1.42 bits per heavy atom. The zero-order valence-electron chi connectivity index (χ0n) is 15.3. The Labute approximate surface area is 146 Å². The molecule has 3 heteroatoms. The average Bonchev–Trinajstić information content (AvgIpc) is 2.56. The molecule has 1 aromatic carbocycles. The van der Waals surface area contributed by atoms with Crippen LogP contribution in [0.3, 0.4) is 0 Å². The first kappa shape index (κ1) is 17.5. The number of hydrogen-bond acceptors (Lipinski definition) is 3. The molecule has 4 atom stereocenters. The fraction of sp³-hybridized carbons (Fsp3) is 0.667. The van der Waals surface area contributed by atoms with Gasteiger partial charge in [-0.3, -0.25) is 4.79 Å². The van der Waals surface area contributed by atoms with E-state index in [-0.39, 0.29) is 5.97 Å². The molecule has 1 heterocycles. The van der Waals surface area contributed by atoms with Crippen molar-refractivity contribution in [3.63, 3.8) is 0 Å². The van der Waals surface area contributed by atoms with Gasteiger partial charge in [0.05, 0.1) is 0 Å². The molecule has 132 valence electrons. The molecule has 0 spiro atoms. The maximum Gasteiger partial charge on any atom is 0.308 e. The number of hydrogen-bond donors (Lipinski definition) is 1. The van der Waals surface area contributed by atoms with E-state index in [4.69, 9.17) is 4.74 Å². The second-order valence-corrected chi connectivity index (χ2v) is 7.85. The molecule has 1 aliphatic heterocycles. The van der Waals surface area contributed by atoms with Crippen LogP contribution in [0.2, 0.25) is 0 Å². The van der Waals surface area contributed by atoms with Crippen LogP contribution in [0.25, 0.3) is 0 Å². The van der Waals surface area contributed by atoms with Crippen molar-refractivity contribution in [1.29, 1.82) is 0 Å². The summed E-state index contributed by atoms with van der Waals surface area (Å²) >= 11 is 0. The van der Waals surface area contributed by atoms with Crippen LogP contribution in [0.4, 0.5) is 0 Å². The van der Waals surface area contributed by atoms with Crippen LogP contribution in [0, 0.1) is 11.8 Å². The van der Waals surface area contributed by atoms with Crippen molar-refractivity contribution < 1.29 is 9.53 Å². The summed E-state index contributed by atoms with van der Waals surface area (Å²) in [5.41, 5.74) is 1.69. The van der Waals surface area contributed by atoms with Crippen LogP contribution in [-0.2, 0) is 4.79 Å². The largest absolute Gasteiger partial charge is 0.427 e. The number of piperidine rings is 1. The Morgan fingerprint density at radius 3 is 3.00 bits per heavy atom. The Morgan fingerprint density at radius 2 is 2.25 bits per heavy atom. The van der Waals surface area contributed by atoms with Gasteiger partial charge in [-0.05, 0) is 67.7 Å². The summed E-state index contributed by atoms with van der Waals surface area (Å²) in [4.78, 5) is 11.2. The fourth-order valence-electron chi connectivity index (χ4n) is 4.98. The number of esters is 1. The molecule has 4 unspecified atom stereocenters. The van der Waals surface area contributed by atoms with Crippen molar-refractivity contribution in [3.05, 3.63) is 29.8 Å². The van der Waals surface area contributed by atoms with E-state index in [1.54, 1.807) is 0 Å². The van der Waals surface area contributed by atoms with Crippen molar-refractivity contribution in [2.45, 2.75) is 70.8 Å². The third-order valence-electron chi connectivity index (χ3n) is 6.26. The van der Waals surface area contributed by atoms with Gasteiger partial charge in [0, 0.05) is 12.5 Å². The third-order valence-corrected chi connectivity index (χ3v) is 6.26. The second-order valence-electron chi connectivity index (χ2n) is 7.85. The summed E-state index contributed by atoms with van der Waals surface area (Å²) < 4.78 is 5.30. The van der Waals surface area contributed by atoms with Crippen molar-refractivity contribution in [1.82, 2.24) is 5.32 Å². The zero-order chi connectivity index (χ0) is 17.2. The van der Waals surface area contributed by atoms with Gasteiger partial charge in [-0.15, -0.1) is 0 Å². The van der Waals surface area contributed by atoms with Crippen LogP contribution in [0.1, 0.15) is 70.8 Å². The number of rotatable bonds is 5. The van der Waals surface area contributed by atoms with Gasteiger partial charge < -0.3 is 10.1 Å². The topological polar surface area (TPSA) is 38.3 Å². The van der Waals surface area contributed by atoms with E-state index in [2.05, 4.69) is 31.3 Å². The number of carbonyl (C=O) groups is 1. The smallest absolute Gasteiger partial charge is 0.308 e. The SMILES string of the molecule is CCCCC12CC(CCN1)C(c1cccc(OC(C)=O)c1)CC2C. The predicted octanol–water partition coefficient (Wildman–Crippen LogP) is 4.66. The highest BCUT2D eigenvalue weighted by atomic mass is 16.5. The summed E-state index contributed by atoms with van der Waals surface area (Å²) in [6, 6.07) is 8.20. The van der Waals surface area contributed by atoms with Crippen molar-refractivity contribution in [2.75, 3.05) is 6.54 Å². The zero-order valence-corrected chi connectivity index (χ0v) is 15.3. The minimum atomic E-state index is -0.246. The van der Waals surface area contributed by atoms with Crippen molar-refractivity contribution in [2.24, 2.45) is 11.8 Å². The summed E-state index contributed by atoms with van der Waals surface area (Å²) in [5, 5.41) is 3.89. The molecule has 3 nitrogen and oxygen atoms in total. The lowest BCUT2D eigenvalue weighted by molar-refractivity contribution is -0.131. The lowest BCUT2D eigenvalue weighted by Crippen LogP contribution is -2.59. The minimum absolute atomic E-state index is 0.246. The molecule has 0 aromatic heterocycles. The van der Waals surface area contributed by atoms with Crippen LogP contribution >= 0.6 is 0 Å². The monoisotopic (exact) mass is 329 g/mol. The molecule has 1 aromatic rings. The van der Waals surface area contributed by atoms with E-state index in [9.17, 15) is 4.79 Å². The van der Waals surface area contributed by atoms with Gasteiger partial charge in [0.25, 0.3) is 0 Å². The normalized spacial score (nSPS) is 32.4. The van der Waals surface area contributed by atoms with Crippen molar-refractivity contribution in [3.8, 4) is 5.75 Å². The lowest BCUT2D eigenvalue weighted by Gasteiger charge is -2.54. The molecule has 3 rings (SSSR count). The van der Waals surface area contributed by atoms with Gasteiger partial charge >= 0.3 is 5.97 Å². The molecule has 1 N–H and O–H groups in total. The van der Waals surface area contributed by atoms with Crippen molar-refractivity contribution >= 4 is 5.97 Å². The Bertz CT molecular complexity index is 585. The quantitative estimate of drug-likeness (QED) is 0.630. The van der Waals surface area contributed by atoms with Crippen LogP contribution in [0.15, 0.2) is 24.3 Å². The average molecular weight is 329 g/mol. The highest BCUT2D eigenvalue weighted by molar-refractivity contribution is 5.69. The van der Waals surface area contributed by atoms with Crippen LogP contribution in [0.5, 0.6) is 5.75 Å². The molecule has 1 saturated heterocycles. The molecule has 0 radical (unpaired) electrons. The standard InChI is InChI=1S/C21H31NO2/c1-4-5-10-21-14-18(9-11-22-21)20(12-15(21)2)17-7-6-8-19(13-17)24-16(3)23/h6-8,13,15,18,20,22H,4-5,9-12,14H2,1-3H3. The molecular weight excluding hydrogens is 298 g/mol. The first-order chi connectivity index (χ1) is 11.5. The fourth-order valence-corrected chi connectivity index (χ4v) is 4.98. The molecule has 1 saturated carbocycles. The number of nitrogens with one attached hydrogen (secondary N) is 1. The van der Waals surface area contributed by atoms with Crippen LogP contribution in [-0.4, -0.2) is 18.1 Å². The predicted molar refractivity (Wildman–Crippen MR) is 97.3 cm³/mol. The van der Waals surface area contributed by atoms with Gasteiger partial charge in [0.15, 0.2) is 0 Å². The van der Waals surface area contributed by atoms with E-state index in [0.29, 0.717) is 23.1 Å². The van der Waals surface area contributed by atoms with Gasteiger partial charge in [-0.1, -0.05) is 38.8 Å². The number of carbonyl (C=O) groups excluding carboxylic acids is 1. The van der Waals surface area contributed by atoms with E-state index in [0.717, 1.165) is 12.5 Å². The first-order valence-electron chi connectivity index (χ1n) is 9.57. The number of benzene rings is 1. The molecule has 0 amide bonds. The summed E-state index contributed by atoms with van der Waals surface area (Å²) in [5.74, 6) is 2.45. The first-order valence-corrected chi connectivity index (χ1v) is 9.57. The maximum atomic E-state index is 11.2. The summed E-state index contributed by atoms with van der Waals surface area (Å²) in [6.07, 6.45) is 7.66. The van der Waals surface area contributed by atoms with E-state index in [1.807, 2.05) is 12.1 Å².